The molecule has 1 fully saturated rings. The van der Waals surface area contributed by atoms with E-state index in [4.69, 9.17) is 4.74 Å². The second-order valence-electron chi connectivity index (χ2n) is 4.75. The van der Waals surface area contributed by atoms with Crippen molar-refractivity contribution in [3.63, 3.8) is 0 Å². The predicted octanol–water partition coefficient (Wildman–Crippen LogP) is 2.93. The average Bonchev–Trinajstić information content (AvgIpc) is 3.10. The zero-order valence-corrected chi connectivity index (χ0v) is 10.4. The van der Waals surface area contributed by atoms with E-state index in [1.807, 2.05) is 12.1 Å². The quantitative estimate of drug-likeness (QED) is 0.892. The van der Waals surface area contributed by atoms with E-state index in [0.29, 0.717) is 5.92 Å². The van der Waals surface area contributed by atoms with E-state index in [1.54, 1.807) is 0 Å². The summed E-state index contributed by atoms with van der Waals surface area (Å²) in [5, 5.41) is 3.50. The SMILES string of the molecule is c1cc(NCC2CCOC2)cc(-n2cccc2)c1. The van der Waals surface area contributed by atoms with Gasteiger partial charge in [-0.1, -0.05) is 6.07 Å². The van der Waals surface area contributed by atoms with Crippen molar-refractivity contribution >= 4 is 5.69 Å². The third-order valence-electron chi connectivity index (χ3n) is 3.37. The van der Waals surface area contributed by atoms with Gasteiger partial charge in [0.25, 0.3) is 0 Å². The lowest BCUT2D eigenvalue weighted by molar-refractivity contribution is 0.187. The Kier molecular flexibility index (Phi) is 3.33. The minimum atomic E-state index is 0.653. The van der Waals surface area contributed by atoms with Crippen LogP contribution in [0, 0.1) is 5.92 Å². The number of ether oxygens (including phenoxy) is 1. The highest BCUT2D eigenvalue weighted by Gasteiger charge is 2.14. The summed E-state index contributed by atoms with van der Waals surface area (Å²) in [6.07, 6.45) is 5.29. The number of rotatable bonds is 4. The number of nitrogens with one attached hydrogen (secondary N) is 1. The van der Waals surface area contributed by atoms with Crippen molar-refractivity contribution in [2.24, 2.45) is 5.92 Å². The summed E-state index contributed by atoms with van der Waals surface area (Å²) >= 11 is 0. The molecule has 2 heterocycles. The van der Waals surface area contributed by atoms with E-state index >= 15 is 0 Å². The summed E-state index contributed by atoms with van der Waals surface area (Å²) in [5.74, 6) is 0.653. The minimum Gasteiger partial charge on any atom is -0.385 e. The standard InChI is InChI=1S/C15H18N2O/c1-2-8-17(7-1)15-5-3-4-14(10-15)16-11-13-6-9-18-12-13/h1-5,7-8,10,13,16H,6,9,11-12H2. The van der Waals surface area contributed by atoms with Crippen LogP contribution < -0.4 is 5.32 Å². The van der Waals surface area contributed by atoms with Gasteiger partial charge in [-0.3, -0.25) is 0 Å². The molecule has 1 aliphatic rings. The smallest absolute Gasteiger partial charge is 0.0511 e. The molecule has 2 aromatic rings. The number of anilines is 1. The Labute approximate surface area is 107 Å². The number of aromatic nitrogens is 1. The van der Waals surface area contributed by atoms with Gasteiger partial charge < -0.3 is 14.6 Å². The highest BCUT2D eigenvalue weighted by Crippen LogP contribution is 2.17. The van der Waals surface area contributed by atoms with Crippen LogP contribution in [0.15, 0.2) is 48.8 Å². The average molecular weight is 242 g/mol. The Morgan fingerprint density at radius 3 is 2.89 bits per heavy atom. The number of nitrogens with zero attached hydrogens (tertiary/aromatic N) is 1. The highest BCUT2D eigenvalue weighted by atomic mass is 16.5. The van der Waals surface area contributed by atoms with Gasteiger partial charge in [-0.2, -0.15) is 0 Å². The van der Waals surface area contributed by atoms with Crippen molar-refractivity contribution in [3.8, 4) is 5.69 Å². The normalized spacial score (nSPS) is 19.0. The summed E-state index contributed by atoms with van der Waals surface area (Å²) in [5.41, 5.74) is 2.36. The van der Waals surface area contributed by atoms with Crippen LogP contribution in [-0.2, 0) is 4.74 Å². The fourth-order valence-electron chi connectivity index (χ4n) is 2.29. The van der Waals surface area contributed by atoms with Gasteiger partial charge in [-0.05, 0) is 36.8 Å². The van der Waals surface area contributed by atoms with Crippen LogP contribution in [-0.4, -0.2) is 24.3 Å². The van der Waals surface area contributed by atoms with Crippen LogP contribution in [0.4, 0.5) is 5.69 Å². The molecule has 1 aliphatic heterocycles. The van der Waals surface area contributed by atoms with Crippen LogP contribution in [0.5, 0.6) is 0 Å². The molecule has 1 unspecified atom stereocenters. The molecule has 3 heteroatoms. The Morgan fingerprint density at radius 1 is 1.22 bits per heavy atom. The zero-order valence-electron chi connectivity index (χ0n) is 10.4. The van der Waals surface area contributed by atoms with Gasteiger partial charge in [0.15, 0.2) is 0 Å². The molecular formula is C15H18N2O. The molecule has 94 valence electrons. The summed E-state index contributed by atoms with van der Waals surface area (Å²) in [4.78, 5) is 0. The molecule has 3 rings (SSSR count). The number of hydrogen-bond donors (Lipinski definition) is 1. The second kappa shape index (κ2) is 5.27. The Balaban J connectivity index is 1.67. The van der Waals surface area contributed by atoms with E-state index in [-0.39, 0.29) is 0 Å². The van der Waals surface area contributed by atoms with Gasteiger partial charge in [0, 0.05) is 42.8 Å². The highest BCUT2D eigenvalue weighted by molar-refractivity contribution is 5.51. The molecule has 1 N–H and O–H groups in total. The van der Waals surface area contributed by atoms with Crippen LogP contribution in [0.25, 0.3) is 5.69 Å². The maximum absolute atomic E-state index is 5.38. The first-order valence-electron chi connectivity index (χ1n) is 6.47. The zero-order chi connectivity index (χ0) is 12.2. The van der Waals surface area contributed by atoms with Gasteiger partial charge in [-0.25, -0.2) is 0 Å². The third kappa shape index (κ3) is 2.57. The van der Waals surface area contributed by atoms with E-state index in [0.717, 1.165) is 19.8 Å². The van der Waals surface area contributed by atoms with Crippen LogP contribution in [0.2, 0.25) is 0 Å². The van der Waals surface area contributed by atoms with Gasteiger partial charge in [0.2, 0.25) is 0 Å². The molecule has 18 heavy (non-hydrogen) atoms. The molecule has 0 bridgehead atoms. The van der Waals surface area contributed by atoms with E-state index in [9.17, 15) is 0 Å². The molecule has 0 spiro atoms. The Hall–Kier alpha value is -1.74. The van der Waals surface area contributed by atoms with Gasteiger partial charge in [-0.15, -0.1) is 0 Å². The van der Waals surface area contributed by atoms with Crippen LogP contribution >= 0.6 is 0 Å². The lowest BCUT2D eigenvalue weighted by atomic mass is 10.1. The van der Waals surface area contributed by atoms with Crippen molar-refractivity contribution < 1.29 is 4.74 Å². The maximum atomic E-state index is 5.38. The molecule has 0 aliphatic carbocycles. The summed E-state index contributed by atoms with van der Waals surface area (Å²) < 4.78 is 7.50. The van der Waals surface area contributed by atoms with Crippen LogP contribution in [0.1, 0.15) is 6.42 Å². The molecular weight excluding hydrogens is 224 g/mol. The first-order chi connectivity index (χ1) is 8.92. The van der Waals surface area contributed by atoms with Gasteiger partial charge in [0.1, 0.15) is 0 Å². The monoisotopic (exact) mass is 242 g/mol. The first-order valence-corrected chi connectivity index (χ1v) is 6.47. The van der Waals surface area contributed by atoms with Crippen molar-refractivity contribution in [2.75, 3.05) is 25.1 Å². The largest absolute Gasteiger partial charge is 0.385 e. The Morgan fingerprint density at radius 2 is 2.11 bits per heavy atom. The topological polar surface area (TPSA) is 26.2 Å². The molecule has 1 aromatic heterocycles. The first kappa shape index (κ1) is 11.4. The van der Waals surface area contributed by atoms with Crippen molar-refractivity contribution in [2.45, 2.75) is 6.42 Å². The fourth-order valence-corrected chi connectivity index (χ4v) is 2.29. The summed E-state index contributed by atoms with van der Waals surface area (Å²) in [7, 11) is 0. The van der Waals surface area contributed by atoms with Crippen molar-refractivity contribution in [3.05, 3.63) is 48.8 Å². The lowest BCUT2D eigenvalue weighted by Gasteiger charge is -2.12. The molecule has 0 radical (unpaired) electrons. The summed E-state index contributed by atoms with van der Waals surface area (Å²) in [6.45, 7) is 2.80. The second-order valence-corrected chi connectivity index (χ2v) is 4.75. The number of benzene rings is 1. The maximum Gasteiger partial charge on any atom is 0.0511 e. The fraction of sp³-hybridized carbons (Fsp3) is 0.333. The summed E-state index contributed by atoms with van der Waals surface area (Å²) in [6, 6.07) is 12.6. The van der Waals surface area contributed by atoms with E-state index in [2.05, 4.69) is 46.5 Å². The van der Waals surface area contributed by atoms with E-state index in [1.165, 1.54) is 17.8 Å². The molecule has 1 atom stereocenters. The molecule has 1 aromatic carbocycles. The molecule has 3 nitrogen and oxygen atoms in total. The Bertz CT molecular complexity index is 487. The number of hydrogen-bond acceptors (Lipinski definition) is 2. The third-order valence-corrected chi connectivity index (χ3v) is 3.37. The predicted molar refractivity (Wildman–Crippen MR) is 73.2 cm³/mol. The van der Waals surface area contributed by atoms with E-state index < -0.39 is 0 Å². The molecule has 0 saturated carbocycles. The van der Waals surface area contributed by atoms with Gasteiger partial charge >= 0.3 is 0 Å². The van der Waals surface area contributed by atoms with Crippen molar-refractivity contribution in [1.29, 1.82) is 0 Å². The minimum absolute atomic E-state index is 0.653. The lowest BCUT2D eigenvalue weighted by Crippen LogP contribution is -2.14. The molecule has 0 amide bonds. The van der Waals surface area contributed by atoms with Crippen LogP contribution in [0.3, 0.4) is 0 Å². The molecule has 1 saturated heterocycles. The van der Waals surface area contributed by atoms with Crippen molar-refractivity contribution in [1.82, 2.24) is 4.57 Å². The van der Waals surface area contributed by atoms with Gasteiger partial charge in [0.05, 0.1) is 6.61 Å².